The van der Waals surface area contributed by atoms with Crippen molar-refractivity contribution < 1.29 is 4.79 Å². The number of H-pyrrole nitrogens is 1. The number of hydrogen-bond donors (Lipinski definition) is 2. The van der Waals surface area contributed by atoms with Gasteiger partial charge in [0.25, 0.3) is 5.91 Å². The van der Waals surface area contributed by atoms with Gasteiger partial charge in [0.15, 0.2) is 5.82 Å². The fraction of sp³-hybridized carbons (Fsp3) is 0.176. The predicted octanol–water partition coefficient (Wildman–Crippen LogP) is 3.38. The Bertz CT molecular complexity index is 773. The summed E-state index contributed by atoms with van der Waals surface area (Å²) in [7, 11) is 0. The van der Waals surface area contributed by atoms with Crippen LogP contribution in [0.2, 0.25) is 0 Å². The van der Waals surface area contributed by atoms with Gasteiger partial charge in [-0.1, -0.05) is 30.3 Å². The Morgan fingerprint density at radius 3 is 2.68 bits per heavy atom. The average molecular weight is 294 g/mol. The number of amides is 1. The summed E-state index contributed by atoms with van der Waals surface area (Å²) in [6, 6.07) is 13.8. The quantitative estimate of drug-likeness (QED) is 0.775. The molecule has 112 valence electrons. The van der Waals surface area contributed by atoms with Crippen LogP contribution in [0.15, 0.2) is 54.9 Å². The highest BCUT2D eigenvalue weighted by Gasteiger charge is 2.13. The lowest BCUT2D eigenvalue weighted by Crippen LogP contribution is -2.14. The summed E-state index contributed by atoms with van der Waals surface area (Å²) in [5, 5.41) is 7.26. The van der Waals surface area contributed by atoms with E-state index in [1.165, 1.54) is 5.56 Å². The maximum Gasteiger partial charge on any atom is 0.258 e. The molecule has 1 amide bonds. The number of nitrogens with one attached hydrogen (secondary N) is 2. The minimum absolute atomic E-state index is 0.112. The van der Waals surface area contributed by atoms with Gasteiger partial charge in [0.05, 0.1) is 11.6 Å². The van der Waals surface area contributed by atoms with E-state index in [0.717, 1.165) is 5.69 Å². The van der Waals surface area contributed by atoms with Crippen LogP contribution >= 0.6 is 0 Å². The maximum atomic E-state index is 12.2. The molecule has 2 N–H and O–H groups in total. The predicted molar refractivity (Wildman–Crippen MR) is 86.0 cm³/mol. The molecule has 22 heavy (non-hydrogen) atoms. The van der Waals surface area contributed by atoms with Crippen LogP contribution in [0, 0.1) is 6.92 Å². The number of anilines is 1. The second-order valence-electron chi connectivity index (χ2n) is 5.24. The minimum Gasteiger partial charge on any atom is -0.365 e. The van der Waals surface area contributed by atoms with E-state index in [2.05, 4.69) is 34.5 Å². The molecule has 2 heterocycles. The first-order valence-electron chi connectivity index (χ1n) is 7.20. The Morgan fingerprint density at radius 1 is 1.23 bits per heavy atom. The standard InChI is InChI=1S/C17H18N4O/c1-12-15(8-10-18-12)17(22)19-16-9-11-21(20-16)13(2)14-6-4-3-5-7-14/h3-11,13,18H,1-2H3,(H,19,20,22)/t13-/m1/s1. The van der Waals surface area contributed by atoms with E-state index in [-0.39, 0.29) is 11.9 Å². The van der Waals surface area contributed by atoms with Gasteiger partial charge in [-0.25, -0.2) is 0 Å². The molecular weight excluding hydrogens is 276 g/mol. The van der Waals surface area contributed by atoms with E-state index in [1.807, 2.05) is 36.0 Å². The summed E-state index contributed by atoms with van der Waals surface area (Å²) in [5.41, 5.74) is 2.64. The minimum atomic E-state index is -0.156. The second kappa shape index (κ2) is 5.89. The number of nitrogens with zero attached hydrogens (tertiary/aromatic N) is 2. The summed E-state index contributed by atoms with van der Waals surface area (Å²) in [5.74, 6) is 0.393. The van der Waals surface area contributed by atoms with Crippen LogP contribution in [0.3, 0.4) is 0 Å². The van der Waals surface area contributed by atoms with E-state index in [9.17, 15) is 4.79 Å². The molecule has 0 saturated heterocycles. The van der Waals surface area contributed by atoms with Crippen LogP contribution in [0.25, 0.3) is 0 Å². The van der Waals surface area contributed by atoms with E-state index in [4.69, 9.17) is 0 Å². The average Bonchev–Trinajstić information content (AvgIpc) is 3.16. The molecule has 0 radical (unpaired) electrons. The van der Waals surface area contributed by atoms with Crippen LogP contribution < -0.4 is 5.32 Å². The normalized spacial score (nSPS) is 12.1. The molecule has 0 aliphatic rings. The van der Waals surface area contributed by atoms with E-state index in [0.29, 0.717) is 11.4 Å². The summed E-state index contributed by atoms with van der Waals surface area (Å²) >= 11 is 0. The third kappa shape index (κ3) is 2.79. The Morgan fingerprint density at radius 2 is 2.00 bits per heavy atom. The van der Waals surface area contributed by atoms with Crippen LogP contribution in [-0.4, -0.2) is 20.7 Å². The summed E-state index contributed by atoms with van der Waals surface area (Å²) in [4.78, 5) is 15.2. The molecule has 2 aromatic heterocycles. The molecule has 0 saturated carbocycles. The first kappa shape index (κ1) is 14.1. The van der Waals surface area contributed by atoms with Gasteiger partial charge >= 0.3 is 0 Å². The molecular formula is C17H18N4O. The van der Waals surface area contributed by atoms with Crippen molar-refractivity contribution in [3.63, 3.8) is 0 Å². The number of aromatic nitrogens is 3. The lowest BCUT2D eigenvalue weighted by molar-refractivity contribution is 0.102. The van der Waals surface area contributed by atoms with Gasteiger partial charge in [0.1, 0.15) is 0 Å². The third-order valence-corrected chi connectivity index (χ3v) is 3.73. The van der Waals surface area contributed by atoms with Crippen LogP contribution in [0.1, 0.15) is 34.6 Å². The molecule has 1 atom stereocenters. The lowest BCUT2D eigenvalue weighted by atomic mass is 10.1. The molecule has 0 spiro atoms. The number of aryl methyl sites for hydroxylation is 1. The first-order chi connectivity index (χ1) is 10.6. The van der Waals surface area contributed by atoms with Crippen molar-refractivity contribution in [2.45, 2.75) is 19.9 Å². The molecule has 0 unspecified atom stereocenters. The molecule has 3 aromatic rings. The fourth-order valence-corrected chi connectivity index (χ4v) is 2.39. The molecule has 0 bridgehead atoms. The van der Waals surface area contributed by atoms with Gasteiger partial charge in [-0.3, -0.25) is 9.48 Å². The number of carbonyl (C=O) groups excluding carboxylic acids is 1. The van der Waals surface area contributed by atoms with Crippen LogP contribution in [-0.2, 0) is 0 Å². The first-order valence-corrected chi connectivity index (χ1v) is 7.20. The molecule has 0 aliphatic carbocycles. The van der Waals surface area contributed by atoms with Crippen LogP contribution in [0.4, 0.5) is 5.82 Å². The van der Waals surface area contributed by atoms with Gasteiger partial charge in [-0.05, 0) is 25.5 Å². The second-order valence-corrected chi connectivity index (χ2v) is 5.24. The number of hydrogen-bond acceptors (Lipinski definition) is 2. The Balaban J connectivity index is 1.74. The zero-order chi connectivity index (χ0) is 15.5. The molecule has 1 aromatic carbocycles. The molecule has 5 heteroatoms. The van der Waals surface area contributed by atoms with Crippen molar-refractivity contribution in [2.24, 2.45) is 0 Å². The Labute approximate surface area is 129 Å². The molecule has 0 fully saturated rings. The van der Waals surface area contributed by atoms with Crippen molar-refractivity contribution in [2.75, 3.05) is 5.32 Å². The van der Waals surface area contributed by atoms with Gasteiger partial charge in [0.2, 0.25) is 0 Å². The van der Waals surface area contributed by atoms with E-state index >= 15 is 0 Å². The van der Waals surface area contributed by atoms with Gasteiger partial charge in [-0.2, -0.15) is 5.10 Å². The van der Waals surface area contributed by atoms with Crippen molar-refractivity contribution in [1.82, 2.24) is 14.8 Å². The van der Waals surface area contributed by atoms with Gasteiger partial charge < -0.3 is 10.3 Å². The highest BCUT2D eigenvalue weighted by atomic mass is 16.1. The zero-order valence-corrected chi connectivity index (χ0v) is 12.6. The number of rotatable bonds is 4. The topological polar surface area (TPSA) is 62.7 Å². The van der Waals surface area contributed by atoms with Crippen LogP contribution in [0.5, 0.6) is 0 Å². The highest BCUT2D eigenvalue weighted by Crippen LogP contribution is 2.18. The lowest BCUT2D eigenvalue weighted by Gasteiger charge is -2.12. The molecule has 3 rings (SSSR count). The largest absolute Gasteiger partial charge is 0.365 e. The van der Waals surface area contributed by atoms with E-state index in [1.54, 1.807) is 18.3 Å². The molecule has 5 nitrogen and oxygen atoms in total. The van der Waals surface area contributed by atoms with Crippen molar-refractivity contribution in [3.05, 3.63) is 71.7 Å². The van der Waals surface area contributed by atoms with Gasteiger partial charge in [-0.15, -0.1) is 0 Å². The zero-order valence-electron chi connectivity index (χ0n) is 12.6. The van der Waals surface area contributed by atoms with Crippen molar-refractivity contribution >= 4 is 11.7 Å². The highest BCUT2D eigenvalue weighted by molar-refractivity contribution is 6.04. The fourth-order valence-electron chi connectivity index (χ4n) is 2.39. The SMILES string of the molecule is Cc1[nH]ccc1C(=O)Nc1ccn([C@H](C)c2ccccc2)n1. The number of benzene rings is 1. The summed E-state index contributed by atoms with van der Waals surface area (Å²) in [6.45, 7) is 3.94. The van der Waals surface area contributed by atoms with Gasteiger partial charge in [0, 0.05) is 24.2 Å². The Kier molecular flexibility index (Phi) is 3.78. The monoisotopic (exact) mass is 294 g/mol. The number of aromatic amines is 1. The van der Waals surface area contributed by atoms with Crippen molar-refractivity contribution in [1.29, 1.82) is 0 Å². The van der Waals surface area contributed by atoms with Crippen molar-refractivity contribution in [3.8, 4) is 0 Å². The Hall–Kier alpha value is -2.82. The van der Waals surface area contributed by atoms with E-state index < -0.39 is 0 Å². The maximum absolute atomic E-state index is 12.2. The smallest absolute Gasteiger partial charge is 0.258 e. The summed E-state index contributed by atoms with van der Waals surface area (Å²) in [6.07, 6.45) is 3.62. The summed E-state index contributed by atoms with van der Waals surface area (Å²) < 4.78 is 1.84. The molecule has 0 aliphatic heterocycles. The third-order valence-electron chi connectivity index (χ3n) is 3.73. The number of carbonyl (C=O) groups is 1.